The summed E-state index contributed by atoms with van der Waals surface area (Å²) in [5.74, 6) is 1.28. The quantitative estimate of drug-likeness (QED) is 0.825. The van der Waals surface area contributed by atoms with Gasteiger partial charge in [-0.25, -0.2) is 4.98 Å². The Labute approximate surface area is 102 Å². The van der Waals surface area contributed by atoms with Crippen LogP contribution in [-0.2, 0) is 18.4 Å². The van der Waals surface area contributed by atoms with Crippen LogP contribution in [0.1, 0.15) is 18.7 Å². The van der Waals surface area contributed by atoms with Gasteiger partial charge in [0.2, 0.25) is 5.91 Å². The van der Waals surface area contributed by atoms with Crippen molar-refractivity contribution >= 4 is 5.91 Å². The molecule has 1 aliphatic heterocycles. The number of hydrogen-bond acceptors (Lipinski definition) is 3. The van der Waals surface area contributed by atoms with E-state index in [1.54, 1.807) is 11.1 Å². The minimum Gasteiger partial charge on any atom is -0.338 e. The Morgan fingerprint density at radius 3 is 3.12 bits per heavy atom. The zero-order valence-corrected chi connectivity index (χ0v) is 10.5. The second kappa shape index (κ2) is 5.31. The third kappa shape index (κ3) is 2.85. The summed E-state index contributed by atoms with van der Waals surface area (Å²) < 4.78 is 1.95. The van der Waals surface area contributed by atoms with E-state index in [1.807, 2.05) is 24.9 Å². The number of nitrogens with one attached hydrogen (secondary N) is 1. The number of amides is 1. The van der Waals surface area contributed by atoms with Crippen LogP contribution < -0.4 is 5.32 Å². The summed E-state index contributed by atoms with van der Waals surface area (Å²) in [6.45, 7) is 2.43. The second-order valence-corrected chi connectivity index (χ2v) is 4.69. The smallest absolute Gasteiger partial charge is 0.227 e. The van der Waals surface area contributed by atoms with Crippen LogP contribution in [0, 0.1) is 5.92 Å². The highest BCUT2D eigenvalue weighted by Gasteiger charge is 2.24. The maximum atomic E-state index is 12.2. The Morgan fingerprint density at radius 2 is 2.53 bits per heavy atom. The number of imidazole rings is 1. The van der Waals surface area contributed by atoms with Crippen LogP contribution in [0.5, 0.6) is 0 Å². The van der Waals surface area contributed by atoms with Crippen molar-refractivity contribution < 1.29 is 4.79 Å². The molecule has 1 aromatic heterocycles. The van der Waals surface area contributed by atoms with Gasteiger partial charge in [0.1, 0.15) is 5.82 Å². The van der Waals surface area contributed by atoms with Crippen molar-refractivity contribution in [2.75, 3.05) is 20.1 Å². The summed E-state index contributed by atoms with van der Waals surface area (Å²) in [5.41, 5.74) is 0. The number of aromatic nitrogens is 2. The fourth-order valence-electron chi connectivity index (χ4n) is 2.21. The largest absolute Gasteiger partial charge is 0.338 e. The van der Waals surface area contributed by atoms with E-state index >= 15 is 0 Å². The van der Waals surface area contributed by atoms with E-state index in [-0.39, 0.29) is 11.8 Å². The third-order valence-electron chi connectivity index (χ3n) is 3.32. The first-order valence-corrected chi connectivity index (χ1v) is 6.10. The average molecular weight is 236 g/mol. The van der Waals surface area contributed by atoms with Crippen LogP contribution in [0.3, 0.4) is 0 Å². The number of rotatable bonds is 3. The lowest BCUT2D eigenvalue weighted by molar-refractivity contribution is -0.135. The third-order valence-corrected chi connectivity index (χ3v) is 3.32. The molecule has 94 valence electrons. The van der Waals surface area contributed by atoms with Gasteiger partial charge in [0, 0.05) is 33.0 Å². The number of nitrogens with zero attached hydrogens (tertiary/aromatic N) is 3. The minimum atomic E-state index is 0.133. The Balaban J connectivity index is 1.93. The Hall–Kier alpha value is -1.36. The molecule has 0 radical (unpaired) electrons. The van der Waals surface area contributed by atoms with E-state index in [2.05, 4.69) is 10.3 Å². The molecule has 0 aromatic carbocycles. The lowest BCUT2D eigenvalue weighted by Crippen LogP contribution is -2.41. The first kappa shape index (κ1) is 12.1. The first-order valence-electron chi connectivity index (χ1n) is 6.10. The number of carbonyl (C=O) groups is 1. The Morgan fingerprint density at radius 1 is 1.71 bits per heavy atom. The summed E-state index contributed by atoms with van der Waals surface area (Å²) in [7, 11) is 3.80. The van der Waals surface area contributed by atoms with Crippen LogP contribution in [0.2, 0.25) is 0 Å². The summed E-state index contributed by atoms with van der Waals surface area (Å²) >= 11 is 0. The first-order chi connectivity index (χ1) is 8.18. The van der Waals surface area contributed by atoms with Gasteiger partial charge in [-0.15, -0.1) is 0 Å². The van der Waals surface area contributed by atoms with Crippen LogP contribution in [0.4, 0.5) is 0 Å². The van der Waals surface area contributed by atoms with E-state index in [0.717, 1.165) is 31.8 Å². The molecule has 1 aliphatic rings. The monoisotopic (exact) mass is 236 g/mol. The Kier molecular flexibility index (Phi) is 3.78. The van der Waals surface area contributed by atoms with E-state index in [4.69, 9.17) is 0 Å². The molecule has 1 fully saturated rings. The average Bonchev–Trinajstić information content (AvgIpc) is 2.75. The van der Waals surface area contributed by atoms with Gasteiger partial charge in [-0.2, -0.15) is 0 Å². The zero-order chi connectivity index (χ0) is 12.3. The molecule has 2 rings (SSSR count). The summed E-state index contributed by atoms with van der Waals surface area (Å²) in [5, 5.41) is 3.27. The minimum absolute atomic E-state index is 0.133. The molecular weight excluding hydrogens is 216 g/mol. The number of aryl methyl sites for hydroxylation is 1. The van der Waals surface area contributed by atoms with Crippen molar-refractivity contribution in [1.82, 2.24) is 19.8 Å². The van der Waals surface area contributed by atoms with Crippen LogP contribution >= 0.6 is 0 Å². The summed E-state index contributed by atoms with van der Waals surface area (Å²) in [6, 6.07) is 0. The van der Waals surface area contributed by atoms with Crippen LogP contribution in [-0.4, -0.2) is 40.5 Å². The van der Waals surface area contributed by atoms with Crippen LogP contribution in [0.25, 0.3) is 0 Å². The maximum Gasteiger partial charge on any atom is 0.227 e. The molecule has 0 bridgehead atoms. The predicted molar refractivity (Wildman–Crippen MR) is 65.3 cm³/mol. The molecule has 1 saturated heterocycles. The highest BCUT2D eigenvalue weighted by molar-refractivity contribution is 5.78. The molecular formula is C12H20N4O. The molecule has 17 heavy (non-hydrogen) atoms. The highest BCUT2D eigenvalue weighted by Crippen LogP contribution is 2.13. The van der Waals surface area contributed by atoms with E-state index < -0.39 is 0 Å². The van der Waals surface area contributed by atoms with Crippen molar-refractivity contribution in [2.24, 2.45) is 13.0 Å². The van der Waals surface area contributed by atoms with Gasteiger partial charge in [0.05, 0.1) is 12.5 Å². The zero-order valence-electron chi connectivity index (χ0n) is 10.5. The predicted octanol–water partition coefficient (Wildman–Crippen LogP) is 0.378. The van der Waals surface area contributed by atoms with E-state index in [1.165, 1.54) is 0 Å². The maximum absolute atomic E-state index is 12.2. The van der Waals surface area contributed by atoms with Crippen molar-refractivity contribution in [1.29, 1.82) is 0 Å². The SMILES string of the molecule is CN(Cc1nccn1C)C(=O)C1CCCNC1. The van der Waals surface area contributed by atoms with Gasteiger partial charge in [-0.05, 0) is 19.4 Å². The number of hydrogen-bond donors (Lipinski definition) is 1. The van der Waals surface area contributed by atoms with Gasteiger partial charge >= 0.3 is 0 Å². The summed E-state index contributed by atoms with van der Waals surface area (Å²) in [4.78, 5) is 18.2. The summed E-state index contributed by atoms with van der Waals surface area (Å²) in [6.07, 6.45) is 5.75. The fourth-order valence-corrected chi connectivity index (χ4v) is 2.21. The molecule has 1 unspecified atom stereocenters. The molecule has 1 amide bonds. The van der Waals surface area contributed by atoms with Gasteiger partial charge < -0.3 is 14.8 Å². The van der Waals surface area contributed by atoms with Gasteiger partial charge in [0.15, 0.2) is 0 Å². The molecule has 5 nitrogen and oxygen atoms in total. The highest BCUT2D eigenvalue weighted by atomic mass is 16.2. The molecule has 1 atom stereocenters. The second-order valence-electron chi connectivity index (χ2n) is 4.69. The fraction of sp³-hybridized carbons (Fsp3) is 0.667. The normalized spacial score (nSPS) is 20.2. The van der Waals surface area contributed by atoms with E-state index in [9.17, 15) is 4.79 Å². The number of carbonyl (C=O) groups excluding carboxylic acids is 1. The van der Waals surface area contributed by atoms with Crippen molar-refractivity contribution in [3.63, 3.8) is 0 Å². The molecule has 2 heterocycles. The van der Waals surface area contributed by atoms with Crippen molar-refractivity contribution in [3.05, 3.63) is 18.2 Å². The van der Waals surface area contributed by atoms with Crippen LogP contribution in [0.15, 0.2) is 12.4 Å². The van der Waals surface area contributed by atoms with E-state index in [0.29, 0.717) is 6.54 Å². The van der Waals surface area contributed by atoms with Gasteiger partial charge in [-0.1, -0.05) is 0 Å². The Bertz CT molecular complexity index is 382. The molecule has 0 saturated carbocycles. The van der Waals surface area contributed by atoms with Gasteiger partial charge in [-0.3, -0.25) is 4.79 Å². The number of piperidine rings is 1. The van der Waals surface area contributed by atoms with Crippen molar-refractivity contribution in [2.45, 2.75) is 19.4 Å². The lowest BCUT2D eigenvalue weighted by atomic mass is 9.98. The van der Waals surface area contributed by atoms with Crippen molar-refractivity contribution in [3.8, 4) is 0 Å². The molecule has 0 aliphatic carbocycles. The standard InChI is InChI=1S/C12H20N4O/c1-15-7-6-14-11(15)9-16(2)12(17)10-4-3-5-13-8-10/h6-7,10,13H,3-5,8-9H2,1-2H3. The molecule has 1 aromatic rings. The molecule has 0 spiro atoms. The lowest BCUT2D eigenvalue weighted by Gasteiger charge is -2.26. The molecule has 5 heteroatoms. The topological polar surface area (TPSA) is 50.2 Å². The van der Waals surface area contributed by atoms with Gasteiger partial charge in [0.25, 0.3) is 0 Å². The molecule has 1 N–H and O–H groups in total.